The molecule has 0 aromatic heterocycles. The zero-order valence-corrected chi connectivity index (χ0v) is 8.94. The molecule has 15 heavy (non-hydrogen) atoms. The van der Waals surface area contributed by atoms with Crippen LogP contribution in [0.5, 0.6) is 0 Å². The van der Waals surface area contributed by atoms with Gasteiger partial charge in [0.2, 0.25) is 0 Å². The molecule has 0 fully saturated rings. The molecule has 0 aliphatic rings. The Bertz CT molecular complexity index is 319. The summed E-state index contributed by atoms with van der Waals surface area (Å²) in [5, 5.41) is 8.55. The van der Waals surface area contributed by atoms with E-state index in [0.717, 1.165) is 18.5 Å². The molecule has 1 aromatic carbocycles. The van der Waals surface area contributed by atoms with Crippen LogP contribution in [0.4, 0.5) is 5.69 Å². The number of anilines is 1. The van der Waals surface area contributed by atoms with Crippen molar-refractivity contribution in [1.29, 1.82) is 0 Å². The fourth-order valence-corrected chi connectivity index (χ4v) is 1.53. The number of carboxylic acid groups (broad SMARTS) is 1. The third kappa shape index (κ3) is 4.49. The Morgan fingerprint density at radius 2 is 2.00 bits per heavy atom. The van der Waals surface area contributed by atoms with Gasteiger partial charge in [-0.1, -0.05) is 19.1 Å². The van der Waals surface area contributed by atoms with E-state index < -0.39 is 5.97 Å². The van der Waals surface area contributed by atoms with Gasteiger partial charge in [0.15, 0.2) is 0 Å². The summed E-state index contributed by atoms with van der Waals surface area (Å²) in [5.41, 5.74) is 7.55. The molecule has 82 valence electrons. The van der Waals surface area contributed by atoms with Gasteiger partial charge in [-0.05, 0) is 36.5 Å². The lowest BCUT2D eigenvalue weighted by atomic mass is 9.96. The Hall–Kier alpha value is -1.51. The number of hydrogen-bond acceptors (Lipinski definition) is 2. The van der Waals surface area contributed by atoms with E-state index in [2.05, 4.69) is 6.92 Å². The van der Waals surface area contributed by atoms with E-state index in [1.54, 1.807) is 0 Å². The van der Waals surface area contributed by atoms with Gasteiger partial charge in [0.05, 0.1) is 0 Å². The molecule has 0 unspecified atom stereocenters. The first-order chi connectivity index (χ1) is 7.08. The van der Waals surface area contributed by atoms with E-state index in [1.165, 1.54) is 5.56 Å². The Morgan fingerprint density at radius 1 is 1.40 bits per heavy atom. The highest BCUT2D eigenvalue weighted by atomic mass is 16.4. The van der Waals surface area contributed by atoms with Crippen LogP contribution in [0, 0.1) is 5.92 Å². The molecular weight excluding hydrogens is 190 g/mol. The predicted molar refractivity (Wildman–Crippen MR) is 60.6 cm³/mol. The lowest BCUT2D eigenvalue weighted by Crippen LogP contribution is -2.04. The van der Waals surface area contributed by atoms with Crippen molar-refractivity contribution in [1.82, 2.24) is 0 Å². The first-order valence-electron chi connectivity index (χ1n) is 5.14. The molecule has 3 heteroatoms. The third-order valence-electron chi connectivity index (χ3n) is 2.41. The summed E-state index contributed by atoms with van der Waals surface area (Å²) in [5.74, 6) is -0.330. The van der Waals surface area contributed by atoms with Crippen LogP contribution < -0.4 is 5.73 Å². The Balaban J connectivity index is 2.40. The summed E-state index contributed by atoms with van der Waals surface area (Å²) in [6.07, 6.45) is 1.88. The molecule has 0 heterocycles. The molecule has 3 nitrogen and oxygen atoms in total. The largest absolute Gasteiger partial charge is 0.481 e. The van der Waals surface area contributed by atoms with Gasteiger partial charge in [0, 0.05) is 12.1 Å². The molecule has 0 spiro atoms. The fourth-order valence-electron chi connectivity index (χ4n) is 1.53. The summed E-state index contributed by atoms with van der Waals surface area (Å²) in [6, 6.07) is 7.73. The second-order valence-electron chi connectivity index (χ2n) is 3.98. The van der Waals surface area contributed by atoms with Crippen LogP contribution in [-0.4, -0.2) is 11.1 Å². The number of carboxylic acids is 1. The zero-order chi connectivity index (χ0) is 11.3. The van der Waals surface area contributed by atoms with Crippen LogP contribution in [0.25, 0.3) is 0 Å². The van der Waals surface area contributed by atoms with E-state index in [1.807, 2.05) is 24.3 Å². The molecule has 0 aliphatic carbocycles. The average Bonchev–Trinajstić information content (AvgIpc) is 2.19. The van der Waals surface area contributed by atoms with E-state index in [-0.39, 0.29) is 6.42 Å². The van der Waals surface area contributed by atoms with Gasteiger partial charge in [-0.2, -0.15) is 0 Å². The molecule has 0 bridgehead atoms. The maximum absolute atomic E-state index is 10.4. The molecule has 0 aliphatic heterocycles. The smallest absolute Gasteiger partial charge is 0.303 e. The molecule has 3 N–H and O–H groups in total. The van der Waals surface area contributed by atoms with E-state index >= 15 is 0 Å². The fraction of sp³-hybridized carbons (Fsp3) is 0.417. The minimum atomic E-state index is -0.723. The number of nitrogens with two attached hydrogens (primary N) is 1. The van der Waals surface area contributed by atoms with Crippen LogP contribution in [0.15, 0.2) is 24.3 Å². The number of carbonyl (C=O) groups is 1. The SMILES string of the molecule is C[C@H](CCC(=O)O)Cc1ccc(N)cc1. The minimum Gasteiger partial charge on any atom is -0.481 e. The normalized spacial score (nSPS) is 12.3. The molecule has 0 radical (unpaired) electrons. The monoisotopic (exact) mass is 207 g/mol. The van der Waals surface area contributed by atoms with Crippen molar-refractivity contribution in [2.75, 3.05) is 5.73 Å². The van der Waals surface area contributed by atoms with Gasteiger partial charge in [0.1, 0.15) is 0 Å². The van der Waals surface area contributed by atoms with Gasteiger partial charge in [-0.3, -0.25) is 4.79 Å². The highest BCUT2D eigenvalue weighted by Crippen LogP contribution is 2.14. The number of aliphatic carboxylic acids is 1. The van der Waals surface area contributed by atoms with Crippen molar-refractivity contribution in [2.24, 2.45) is 5.92 Å². The number of hydrogen-bond donors (Lipinski definition) is 2. The van der Waals surface area contributed by atoms with Crippen LogP contribution in [0.1, 0.15) is 25.3 Å². The second kappa shape index (κ2) is 5.39. The highest BCUT2D eigenvalue weighted by Gasteiger charge is 2.06. The molecule has 1 aromatic rings. The van der Waals surface area contributed by atoms with Gasteiger partial charge in [-0.15, -0.1) is 0 Å². The quantitative estimate of drug-likeness (QED) is 0.728. The van der Waals surface area contributed by atoms with E-state index in [9.17, 15) is 4.79 Å². The maximum Gasteiger partial charge on any atom is 0.303 e. The van der Waals surface area contributed by atoms with Crippen molar-refractivity contribution in [3.63, 3.8) is 0 Å². The molecule has 0 amide bonds. The van der Waals surface area contributed by atoms with Gasteiger partial charge in [0.25, 0.3) is 0 Å². The van der Waals surface area contributed by atoms with Crippen molar-refractivity contribution in [3.05, 3.63) is 29.8 Å². The van der Waals surface area contributed by atoms with Crippen LogP contribution in [-0.2, 0) is 11.2 Å². The van der Waals surface area contributed by atoms with Crippen molar-refractivity contribution in [3.8, 4) is 0 Å². The molecular formula is C12H17NO2. The summed E-state index contributed by atoms with van der Waals surface area (Å²) in [7, 11) is 0. The minimum absolute atomic E-state index is 0.246. The lowest BCUT2D eigenvalue weighted by molar-refractivity contribution is -0.137. The maximum atomic E-state index is 10.4. The molecule has 1 rings (SSSR count). The number of nitrogen functional groups attached to an aromatic ring is 1. The standard InChI is InChI=1S/C12H17NO2/c1-9(2-7-12(14)15)8-10-3-5-11(13)6-4-10/h3-6,9H,2,7-8,13H2,1H3,(H,14,15)/t9-/m1/s1. The topological polar surface area (TPSA) is 63.3 Å². The Labute approximate surface area is 89.9 Å². The number of rotatable bonds is 5. The van der Waals surface area contributed by atoms with Gasteiger partial charge < -0.3 is 10.8 Å². The van der Waals surface area contributed by atoms with Crippen molar-refractivity contribution < 1.29 is 9.90 Å². The second-order valence-corrected chi connectivity index (χ2v) is 3.98. The summed E-state index contributed by atoms with van der Waals surface area (Å²) >= 11 is 0. The van der Waals surface area contributed by atoms with Gasteiger partial charge >= 0.3 is 5.97 Å². The zero-order valence-electron chi connectivity index (χ0n) is 8.94. The summed E-state index contributed by atoms with van der Waals surface area (Å²) in [4.78, 5) is 10.4. The van der Waals surface area contributed by atoms with Crippen LogP contribution in [0.2, 0.25) is 0 Å². The van der Waals surface area contributed by atoms with E-state index in [4.69, 9.17) is 10.8 Å². The van der Waals surface area contributed by atoms with Gasteiger partial charge in [-0.25, -0.2) is 0 Å². The Kier molecular flexibility index (Phi) is 4.16. The summed E-state index contributed by atoms with van der Waals surface area (Å²) in [6.45, 7) is 2.07. The lowest BCUT2D eigenvalue weighted by Gasteiger charge is -2.09. The molecule has 1 atom stereocenters. The van der Waals surface area contributed by atoms with Crippen molar-refractivity contribution in [2.45, 2.75) is 26.2 Å². The van der Waals surface area contributed by atoms with Crippen molar-refractivity contribution >= 4 is 11.7 Å². The number of benzene rings is 1. The molecule has 0 saturated carbocycles. The molecule has 0 saturated heterocycles. The van der Waals surface area contributed by atoms with E-state index in [0.29, 0.717) is 5.92 Å². The summed E-state index contributed by atoms with van der Waals surface area (Å²) < 4.78 is 0. The van der Waals surface area contributed by atoms with Crippen LogP contribution in [0.3, 0.4) is 0 Å². The predicted octanol–water partition coefficient (Wildman–Crippen LogP) is 2.31. The average molecular weight is 207 g/mol. The third-order valence-corrected chi connectivity index (χ3v) is 2.41. The Morgan fingerprint density at radius 3 is 2.53 bits per heavy atom. The first-order valence-corrected chi connectivity index (χ1v) is 5.14. The first kappa shape index (κ1) is 11.6. The van der Waals surface area contributed by atoms with Crippen LogP contribution >= 0.6 is 0 Å². The highest BCUT2D eigenvalue weighted by molar-refractivity contribution is 5.66.